The molecule has 0 unspecified atom stereocenters. The highest BCUT2D eigenvalue weighted by atomic mass is 35.5. The highest BCUT2D eigenvalue weighted by Gasteiger charge is 2.24. The summed E-state index contributed by atoms with van der Waals surface area (Å²) in [7, 11) is -3.66. The number of hydrogen-bond donors (Lipinski definition) is 1. The molecule has 0 aliphatic heterocycles. The van der Waals surface area contributed by atoms with Gasteiger partial charge in [0.1, 0.15) is 0 Å². The Balaban J connectivity index is 2.39. The Morgan fingerprint density at radius 3 is 2.36 bits per heavy atom. The highest BCUT2D eigenvalue weighted by Crippen LogP contribution is 2.24. The number of anilines is 1. The molecule has 134 valence electrons. The Morgan fingerprint density at radius 2 is 1.76 bits per heavy atom. The molecule has 2 aromatic rings. The second-order valence-electron chi connectivity index (χ2n) is 5.50. The largest absolute Gasteiger partial charge is 0.322 e. The molecule has 0 heterocycles. The van der Waals surface area contributed by atoms with Gasteiger partial charge in [-0.3, -0.25) is 4.79 Å². The predicted octanol–water partition coefficient (Wildman–Crippen LogP) is 3.93. The van der Waals surface area contributed by atoms with E-state index in [0.29, 0.717) is 18.8 Å². The molecule has 0 fully saturated rings. The van der Waals surface area contributed by atoms with Gasteiger partial charge in [0.05, 0.1) is 15.5 Å². The van der Waals surface area contributed by atoms with Crippen LogP contribution in [0.25, 0.3) is 0 Å². The standard InChI is InChI=1S/C18H21ClN2O3S/c1-4-21(5-2)25(23,24)14-10-11-16(19)15(12-14)18(22)20-17-9-7-6-8-13(17)3/h6-12H,4-5H2,1-3H3,(H,20,22). The molecule has 0 bridgehead atoms. The third kappa shape index (κ3) is 4.21. The smallest absolute Gasteiger partial charge is 0.257 e. The molecule has 2 rings (SSSR count). The molecule has 0 aliphatic rings. The summed E-state index contributed by atoms with van der Waals surface area (Å²) in [6, 6.07) is 11.5. The van der Waals surface area contributed by atoms with Crippen molar-refractivity contribution >= 4 is 33.2 Å². The number of para-hydroxylation sites is 1. The monoisotopic (exact) mass is 380 g/mol. The molecule has 2 aromatic carbocycles. The lowest BCUT2D eigenvalue weighted by Gasteiger charge is -2.19. The summed E-state index contributed by atoms with van der Waals surface area (Å²) in [6.45, 7) is 6.11. The molecule has 7 heteroatoms. The maximum Gasteiger partial charge on any atom is 0.257 e. The number of hydrogen-bond acceptors (Lipinski definition) is 3. The van der Waals surface area contributed by atoms with Gasteiger partial charge in [-0.2, -0.15) is 4.31 Å². The molecule has 0 saturated carbocycles. The third-order valence-corrected chi connectivity index (χ3v) is 6.29. The van der Waals surface area contributed by atoms with Crippen LogP contribution in [0.4, 0.5) is 5.69 Å². The second kappa shape index (κ2) is 7.99. The number of nitrogens with one attached hydrogen (secondary N) is 1. The summed E-state index contributed by atoms with van der Waals surface area (Å²) in [4.78, 5) is 12.6. The summed E-state index contributed by atoms with van der Waals surface area (Å²) in [6.07, 6.45) is 0. The first-order valence-electron chi connectivity index (χ1n) is 7.98. The number of sulfonamides is 1. The Labute approximate surface area is 153 Å². The molecular formula is C18H21ClN2O3S. The Morgan fingerprint density at radius 1 is 1.12 bits per heavy atom. The Hall–Kier alpha value is -1.89. The van der Waals surface area contributed by atoms with Crippen molar-refractivity contribution in [3.8, 4) is 0 Å². The quantitative estimate of drug-likeness (QED) is 0.825. The minimum atomic E-state index is -3.66. The van der Waals surface area contributed by atoms with Gasteiger partial charge in [-0.25, -0.2) is 8.42 Å². The molecule has 1 amide bonds. The third-order valence-electron chi connectivity index (χ3n) is 3.92. The van der Waals surface area contributed by atoms with E-state index >= 15 is 0 Å². The zero-order valence-corrected chi connectivity index (χ0v) is 16.0. The summed E-state index contributed by atoms with van der Waals surface area (Å²) in [5.41, 5.74) is 1.68. The Bertz CT molecular complexity index is 878. The van der Waals surface area contributed by atoms with Gasteiger partial charge in [0, 0.05) is 18.8 Å². The number of aryl methyl sites for hydroxylation is 1. The summed E-state index contributed by atoms with van der Waals surface area (Å²) in [5.74, 6) is -0.448. The summed E-state index contributed by atoms with van der Waals surface area (Å²) in [5, 5.41) is 2.97. The van der Waals surface area contributed by atoms with Gasteiger partial charge in [-0.15, -0.1) is 0 Å². The van der Waals surface area contributed by atoms with Gasteiger partial charge >= 0.3 is 0 Å². The van der Waals surface area contributed by atoms with Gasteiger partial charge in [0.15, 0.2) is 0 Å². The van der Waals surface area contributed by atoms with E-state index < -0.39 is 15.9 Å². The molecule has 0 radical (unpaired) electrons. The summed E-state index contributed by atoms with van der Waals surface area (Å²) < 4.78 is 26.6. The molecule has 0 aliphatic carbocycles. The first kappa shape index (κ1) is 19.4. The molecular weight excluding hydrogens is 360 g/mol. The van der Waals surface area contributed by atoms with Gasteiger partial charge in [-0.1, -0.05) is 43.6 Å². The number of halogens is 1. The zero-order valence-electron chi connectivity index (χ0n) is 14.4. The van der Waals surface area contributed by atoms with E-state index in [0.717, 1.165) is 5.56 Å². The fourth-order valence-corrected chi connectivity index (χ4v) is 4.14. The van der Waals surface area contributed by atoms with Crippen LogP contribution in [0, 0.1) is 6.92 Å². The van der Waals surface area contributed by atoms with Crippen molar-refractivity contribution in [3.63, 3.8) is 0 Å². The van der Waals surface area contributed by atoms with Crippen molar-refractivity contribution in [1.29, 1.82) is 0 Å². The van der Waals surface area contributed by atoms with Crippen molar-refractivity contribution in [1.82, 2.24) is 4.31 Å². The minimum absolute atomic E-state index is 0.0514. The van der Waals surface area contributed by atoms with Crippen LogP contribution in [0.15, 0.2) is 47.4 Å². The fourth-order valence-electron chi connectivity index (χ4n) is 2.45. The van der Waals surface area contributed by atoms with Gasteiger partial charge in [0.25, 0.3) is 5.91 Å². The Kier molecular flexibility index (Phi) is 6.21. The van der Waals surface area contributed by atoms with Crippen LogP contribution in [0.1, 0.15) is 29.8 Å². The lowest BCUT2D eigenvalue weighted by molar-refractivity contribution is 0.102. The van der Waals surface area contributed by atoms with E-state index in [1.807, 2.05) is 25.1 Å². The van der Waals surface area contributed by atoms with Crippen LogP contribution in [-0.4, -0.2) is 31.7 Å². The molecule has 0 spiro atoms. The van der Waals surface area contributed by atoms with E-state index in [1.165, 1.54) is 22.5 Å². The van der Waals surface area contributed by atoms with Crippen LogP contribution in [0.2, 0.25) is 5.02 Å². The lowest BCUT2D eigenvalue weighted by atomic mass is 10.1. The van der Waals surface area contributed by atoms with Gasteiger partial charge in [-0.05, 0) is 36.8 Å². The SMILES string of the molecule is CCN(CC)S(=O)(=O)c1ccc(Cl)c(C(=O)Nc2ccccc2C)c1. The molecule has 0 saturated heterocycles. The normalized spacial score (nSPS) is 11.6. The number of carbonyl (C=O) groups is 1. The van der Waals surface area contributed by atoms with Crippen LogP contribution in [0.3, 0.4) is 0 Å². The van der Waals surface area contributed by atoms with Crippen LogP contribution < -0.4 is 5.32 Å². The van der Waals surface area contributed by atoms with Crippen molar-refractivity contribution in [2.45, 2.75) is 25.7 Å². The van der Waals surface area contributed by atoms with E-state index in [1.54, 1.807) is 19.9 Å². The first-order chi connectivity index (χ1) is 11.8. The topological polar surface area (TPSA) is 66.5 Å². The van der Waals surface area contributed by atoms with E-state index in [9.17, 15) is 13.2 Å². The molecule has 1 N–H and O–H groups in total. The molecule has 25 heavy (non-hydrogen) atoms. The first-order valence-corrected chi connectivity index (χ1v) is 9.79. The van der Waals surface area contributed by atoms with Crippen molar-refractivity contribution < 1.29 is 13.2 Å². The molecule has 0 atom stereocenters. The van der Waals surface area contributed by atoms with E-state index in [-0.39, 0.29) is 15.5 Å². The number of rotatable bonds is 6. The number of benzene rings is 2. The number of amides is 1. The molecule has 0 aromatic heterocycles. The maximum atomic E-state index is 12.6. The average Bonchev–Trinajstić information content (AvgIpc) is 2.58. The van der Waals surface area contributed by atoms with Crippen LogP contribution in [0.5, 0.6) is 0 Å². The second-order valence-corrected chi connectivity index (χ2v) is 7.85. The average molecular weight is 381 g/mol. The van der Waals surface area contributed by atoms with Gasteiger partial charge in [0.2, 0.25) is 10.0 Å². The van der Waals surface area contributed by atoms with Crippen molar-refractivity contribution in [3.05, 3.63) is 58.6 Å². The van der Waals surface area contributed by atoms with E-state index in [2.05, 4.69) is 5.32 Å². The maximum absolute atomic E-state index is 12.6. The minimum Gasteiger partial charge on any atom is -0.322 e. The van der Waals surface area contributed by atoms with Gasteiger partial charge < -0.3 is 5.32 Å². The van der Waals surface area contributed by atoms with Crippen molar-refractivity contribution in [2.75, 3.05) is 18.4 Å². The zero-order chi connectivity index (χ0) is 18.6. The number of carbonyl (C=O) groups excluding carboxylic acids is 1. The lowest BCUT2D eigenvalue weighted by Crippen LogP contribution is -2.30. The predicted molar refractivity (Wildman–Crippen MR) is 101 cm³/mol. The van der Waals surface area contributed by atoms with Crippen LogP contribution >= 0.6 is 11.6 Å². The van der Waals surface area contributed by atoms with E-state index in [4.69, 9.17) is 11.6 Å². The highest BCUT2D eigenvalue weighted by molar-refractivity contribution is 7.89. The number of nitrogens with zero attached hydrogens (tertiary/aromatic N) is 1. The van der Waals surface area contributed by atoms with Crippen molar-refractivity contribution in [2.24, 2.45) is 0 Å². The summed E-state index contributed by atoms with van der Waals surface area (Å²) >= 11 is 6.13. The van der Waals surface area contributed by atoms with Crippen LogP contribution in [-0.2, 0) is 10.0 Å². The fraction of sp³-hybridized carbons (Fsp3) is 0.278. The molecule has 5 nitrogen and oxygen atoms in total.